The molecule has 30 heavy (non-hydrogen) atoms. The summed E-state index contributed by atoms with van der Waals surface area (Å²) in [6.45, 7) is 0.257. The van der Waals surface area contributed by atoms with Crippen molar-refractivity contribution in [3.05, 3.63) is 71.8 Å². The highest BCUT2D eigenvalue weighted by atomic mass is 32.2. The van der Waals surface area contributed by atoms with Crippen LogP contribution in [0.5, 0.6) is 0 Å². The summed E-state index contributed by atoms with van der Waals surface area (Å²) in [5.41, 5.74) is -0.175. The van der Waals surface area contributed by atoms with Gasteiger partial charge in [-0.15, -0.1) is 0 Å². The van der Waals surface area contributed by atoms with E-state index in [1.807, 2.05) is 0 Å². The topological polar surface area (TPSA) is 110 Å². The van der Waals surface area contributed by atoms with Gasteiger partial charge in [0.25, 0.3) is 0 Å². The molecule has 0 radical (unpaired) electrons. The maximum absolute atomic E-state index is 14.4. The zero-order valence-electron chi connectivity index (χ0n) is 15.5. The minimum atomic E-state index is -3.40. The molecule has 2 aromatic carbocycles. The fourth-order valence-corrected chi connectivity index (χ4v) is 3.34. The molecule has 0 saturated heterocycles. The normalized spacial score (nSPS) is 10.9. The maximum atomic E-state index is 14.4. The zero-order valence-corrected chi connectivity index (χ0v) is 16.3. The first-order chi connectivity index (χ1) is 14.3. The number of carbonyl (C=O) groups is 1. The van der Waals surface area contributed by atoms with Crippen LogP contribution in [0.15, 0.2) is 48.8 Å². The molecule has 0 bridgehead atoms. The number of aromatic nitrogens is 2. The van der Waals surface area contributed by atoms with Crippen LogP contribution in [0.4, 0.5) is 20.2 Å². The van der Waals surface area contributed by atoms with E-state index >= 15 is 0 Å². The first-order valence-corrected chi connectivity index (χ1v) is 9.52. The molecular weight excluding hydrogens is 420 g/mol. The van der Waals surface area contributed by atoms with Gasteiger partial charge in [-0.05, 0) is 23.8 Å². The van der Waals surface area contributed by atoms with Crippen molar-refractivity contribution in [3.63, 3.8) is 0 Å². The van der Waals surface area contributed by atoms with Crippen molar-refractivity contribution in [2.45, 2.75) is 6.61 Å². The molecule has 0 fully saturated rings. The summed E-state index contributed by atoms with van der Waals surface area (Å²) in [6, 6.07) is 6.88. The summed E-state index contributed by atoms with van der Waals surface area (Å²) in [5.74, 6) is -3.63. The highest BCUT2D eigenvalue weighted by Crippen LogP contribution is 2.31. The summed E-state index contributed by atoms with van der Waals surface area (Å²) in [7, 11) is -1.88. The highest BCUT2D eigenvalue weighted by molar-refractivity contribution is 7.74. The summed E-state index contributed by atoms with van der Waals surface area (Å²) >= 11 is 0. The second-order valence-corrected chi connectivity index (χ2v) is 6.88. The van der Waals surface area contributed by atoms with Gasteiger partial charge < -0.3 is 9.84 Å². The second-order valence-electron chi connectivity index (χ2n) is 6.01. The minimum Gasteiger partial charge on any atom is -0.478 e. The number of halogens is 2. The summed E-state index contributed by atoms with van der Waals surface area (Å²) in [6.07, 6.45) is 3.14. The van der Waals surface area contributed by atoms with Crippen LogP contribution in [0.2, 0.25) is 0 Å². The molecule has 0 amide bonds. The van der Waals surface area contributed by atoms with Gasteiger partial charge in [-0.3, -0.25) is 0 Å². The lowest BCUT2D eigenvalue weighted by Gasteiger charge is -2.19. The molecule has 3 rings (SSSR count). The van der Waals surface area contributed by atoms with Gasteiger partial charge in [0.1, 0.15) is 18.2 Å². The Morgan fingerprint density at radius 1 is 1.07 bits per heavy atom. The fraction of sp³-hybridized carbons (Fsp3) is 0.105. The number of carboxylic acid groups (broad SMARTS) is 1. The maximum Gasteiger partial charge on any atom is 0.338 e. The molecular formula is C19H15F2N3O5S. The van der Waals surface area contributed by atoms with E-state index in [1.165, 1.54) is 19.2 Å². The lowest BCUT2D eigenvalue weighted by Crippen LogP contribution is -2.17. The number of benzene rings is 2. The lowest BCUT2D eigenvalue weighted by molar-refractivity contribution is 0.0691. The molecule has 0 aliphatic carbocycles. The van der Waals surface area contributed by atoms with Crippen LogP contribution >= 0.6 is 0 Å². The van der Waals surface area contributed by atoms with Crippen molar-refractivity contribution >= 4 is 28.2 Å². The van der Waals surface area contributed by atoms with Crippen molar-refractivity contribution in [3.8, 4) is 11.1 Å². The molecule has 8 nitrogen and oxygen atoms in total. The molecule has 1 N–H and O–H groups in total. The van der Waals surface area contributed by atoms with Gasteiger partial charge in [0.15, 0.2) is 5.82 Å². The van der Waals surface area contributed by atoms with Crippen molar-refractivity contribution in [1.29, 1.82) is 0 Å². The van der Waals surface area contributed by atoms with E-state index < -0.39 is 39.7 Å². The van der Waals surface area contributed by atoms with Gasteiger partial charge >= 0.3 is 5.97 Å². The number of aromatic carboxylic acids is 1. The Bertz CT molecular complexity index is 1140. The van der Waals surface area contributed by atoms with E-state index in [0.717, 1.165) is 0 Å². The second kappa shape index (κ2) is 8.93. The number of anilines is 2. The van der Waals surface area contributed by atoms with Gasteiger partial charge in [-0.1, -0.05) is 12.1 Å². The van der Waals surface area contributed by atoms with Crippen LogP contribution in [-0.2, 0) is 22.2 Å². The Morgan fingerprint density at radius 2 is 1.70 bits per heavy atom. The van der Waals surface area contributed by atoms with Gasteiger partial charge in [0.2, 0.25) is 10.9 Å². The number of nitrogens with zero attached hydrogens (tertiary/aromatic N) is 3. The summed E-state index contributed by atoms with van der Waals surface area (Å²) < 4.78 is 57.4. The van der Waals surface area contributed by atoms with Crippen LogP contribution < -0.4 is 4.31 Å². The van der Waals surface area contributed by atoms with Crippen LogP contribution in [0.1, 0.15) is 16.2 Å². The van der Waals surface area contributed by atoms with Crippen LogP contribution in [0, 0.1) is 11.6 Å². The van der Waals surface area contributed by atoms with E-state index in [4.69, 9.17) is 9.84 Å². The fourth-order valence-electron chi connectivity index (χ4n) is 2.69. The average molecular weight is 435 g/mol. The predicted molar refractivity (Wildman–Crippen MR) is 104 cm³/mol. The standard InChI is InChI=1S/C19H15F2N3O5S/c1-29-10-18-22-8-12(9-23-18)11-2-4-13(5-3-11)24(30(27)28)17-7-15(20)14(19(25)26)6-16(17)21/h2-9,30H,10H2,1H3,(H,25,26). The molecule has 0 saturated carbocycles. The monoisotopic (exact) mass is 435 g/mol. The predicted octanol–water partition coefficient (Wildman–Crippen LogP) is 2.93. The molecule has 156 valence electrons. The summed E-state index contributed by atoms with van der Waals surface area (Å²) in [4.78, 5) is 19.2. The van der Waals surface area contributed by atoms with E-state index in [2.05, 4.69) is 9.97 Å². The number of thiol groups is 1. The van der Waals surface area contributed by atoms with Crippen molar-refractivity contribution in [2.24, 2.45) is 0 Å². The van der Waals surface area contributed by atoms with E-state index in [9.17, 15) is 22.0 Å². The SMILES string of the molecule is COCc1ncc(-c2ccc(N(c3cc(F)c(C(=O)O)cc3F)[SH](=O)=O)cc2)cn1. The third-order valence-electron chi connectivity index (χ3n) is 4.08. The highest BCUT2D eigenvalue weighted by Gasteiger charge is 2.21. The Kier molecular flexibility index (Phi) is 6.33. The third kappa shape index (κ3) is 4.42. The smallest absolute Gasteiger partial charge is 0.338 e. The Labute approximate surface area is 171 Å². The van der Waals surface area contributed by atoms with Crippen LogP contribution in [-0.4, -0.2) is 36.6 Å². The number of methoxy groups -OCH3 is 1. The Morgan fingerprint density at radius 3 is 2.23 bits per heavy atom. The molecule has 1 heterocycles. The molecule has 0 atom stereocenters. The van der Waals surface area contributed by atoms with Crippen LogP contribution in [0.25, 0.3) is 11.1 Å². The van der Waals surface area contributed by atoms with Gasteiger partial charge in [0, 0.05) is 31.1 Å². The zero-order chi connectivity index (χ0) is 21.8. The van der Waals surface area contributed by atoms with Crippen molar-refractivity contribution in [1.82, 2.24) is 9.97 Å². The Hall–Kier alpha value is -3.44. The van der Waals surface area contributed by atoms with Gasteiger partial charge in [0.05, 0.1) is 16.9 Å². The molecule has 0 unspecified atom stereocenters. The first kappa shape index (κ1) is 21.3. The molecule has 0 spiro atoms. The number of carboxylic acids is 1. The van der Waals surface area contributed by atoms with Crippen molar-refractivity contribution < 1.29 is 31.8 Å². The largest absolute Gasteiger partial charge is 0.478 e. The molecule has 0 aliphatic heterocycles. The number of hydrogen-bond donors (Lipinski definition) is 2. The molecule has 11 heteroatoms. The minimum absolute atomic E-state index is 0.0353. The van der Waals surface area contributed by atoms with E-state index in [-0.39, 0.29) is 12.3 Å². The van der Waals surface area contributed by atoms with Gasteiger partial charge in [-0.25, -0.2) is 36.3 Å². The number of rotatable bonds is 7. The average Bonchev–Trinajstić information content (AvgIpc) is 2.71. The Balaban J connectivity index is 1.96. The molecule has 1 aromatic heterocycles. The number of hydrogen-bond acceptors (Lipinski definition) is 6. The lowest BCUT2D eigenvalue weighted by atomic mass is 10.1. The third-order valence-corrected chi connectivity index (χ3v) is 4.86. The molecule has 3 aromatic rings. The van der Waals surface area contributed by atoms with Crippen LogP contribution in [0.3, 0.4) is 0 Å². The first-order valence-electron chi connectivity index (χ1n) is 8.39. The van der Waals surface area contributed by atoms with E-state index in [1.54, 1.807) is 24.5 Å². The van der Waals surface area contributed by atoms with Crippen molar-refractivity contribution in [2.75, 3.05) is 11.4 Å². The molecule has 0 aliphatic rings. The van der Waals surface area contributed by atoms with E-state index in [0.29, 0.717) is 33.4 Å². The quantitative estimate of drug-likeness (QED) is 0.549. The van der Waals surface area contributed by atoms with Gasteiger partial charge in [-0.2, -0.15) is 0 Å². The summed E-state index contributed by atoms with van der Waals surface area (Å²) in [5, 5.41) is 8.87. The number of ether oxygens (including phenoxy) is 1.